The van der Waals surface area contributed by atoms with Crippen LogP contribution in [-0.4, -0.2) is 331 Å². The molecule has 0 heterocycles. The molecule has 0 aliphatic rings. The number of aliphatic hydroxyl groups excluding tert-OH is 25. The highest BCUT2D eigenvalue weighted by Crippen LogP contribution is 2.24. The van der Waals surface area contributed by atoms with Crippen molar-refractivity contribution in [1.82, 2.24) is 0 Å². The molecule has 30 heteroatoms. The van der Waals surface area contributed by atoms with Crippen LogP contribution in [0.2, 0.25) is 0 Å². The largest absolute Gasteiger partial charge is 0.479 e. The topological polar surface area (TPSA) is 571 Å². The van der Waals surface area contributed by atoms with E-state index in [9.17, 15) is 132 Å². The molecule has 0 aromatic carbocycles. The summed E-state index contributed by atoms with van der Waals surface area (Å²) < 4.78 is 14.4. The highest BCUT2D eigenvalue weighted by atomic mass is 16.6. The van der Waals surface area contributed by atoms with Gasteiger partial charge in [-0.05, 0) is 0 Å². The average Bonchev–Trinajstić information content (AvgIpc) is 3.26. The molecule has 30 nitrogen and oxygen atoms in total. The standard InChI is InChI=1S/C32H64O30/c1-60-29(27(56)30(61-2)28(57)31(62-3)32(58)59)26(55)25(54)24(53)23(52)22(51)21(50)20(49)19(48)18(47)17(46)16(45)15(44)14(43)13(42)12(41)11(40)10(39)9(38)8(37)7(36)6(35)5(34)4-33/h5-31,33-57H,4H2,1-3H3,(H,58,59). The number of ether oxygens (including phenoxy) is 3. The van der Waals surface area contributed by atoms with Gasteiger partial charge >= 0.3 is 5.97 Å². The molecular weight excluding hydrogens is 864 g/mol. The predicted octanol–water partition coefficient (Wildman–Crippen LogP) is -16.2. The molecule has 26 N–H and O–H groups in total. The van der Waals surface area contributed by atoms with Crippen LogP contribution in [-0.2, 0) is 19.0 Å². The zero-order valence-corrected chi connectivity index (χ0v) is 33.1. The van der Waals surface area contributed by atoms with Gasteiger partial charge in [-0.2, -0.15) is 0 Å². The lowest BCUT2D eigenvalue weighted by Crippen LogP contribution is -2.62. The minimum atomic E-state index is -2.94. The molecule has 0 bridgehead atoms. The number of aliphatic hydroxyl groups is 25. The maximum Gasteiger partial charge on any atom is 0.335 e. The first-order valence-corrected chi connectivity index (χ1v) is 18.2. The summed E-state index contributed by atoms with van der Waals surface area (Å²) in [7, 11) is 2.56. The van der Waals surface area contributed by atoms with Gasteiger partial charge in [0.1, 0.15) is 159 Å². The number of rotatable bonds is 31. The highest BCUT2D eigenvalue weighted by molar-refractivity contribution is 5.73. The monoisotopic (exact) mass is 928 g/mol. The third kappa shape index (κ3) is 14.7. The zero-order chi connectivity index (χ0) is 49.0. The van der Waals surface area contributed by atoms with Crippen molar-refractivity contribution < 1.29 is 152 Å². The normalized spacial score (nSPS) is 26.0. The lowest BCUT2D eigenvalue weighted by atomic mass is 9.86. The van der Waals surface area contributed by atoms with E-state index in [0.717, 1.165) is 21.3 Å². The highest BCUT2D eigenvalue weighted by Gasteiger charge is 2.50. The second kappa shape index (κ2) is 27.1. The Labute approximate surface area is 350 Å². The molecule has 0 aromatic rings. The first-order chi connectivity index (χ1) is 28.5. The van der Waals surface area contributed by atoms with Crippen molar-refractivity contribution in [3.8, 4) is 0 Å². The van der Waals surface area contributed by atoms with Gasteiger partial charge in [0.15, 0.2) is 6.10 Å². The Morgan fingerprint density at radius 3 is 0.677 bits per heavy atom. The van der Waals surface area contributed by atoms with Gasteiger partial charge in [0.05, 0.1) is 6.61 Å². The Morgan fingerprint density at radius 2 is 0.500 bits per heavy atom. The lowest BCUT2D eigenvalue weighted by Gasteiger charge is -2.39. The van der Waals surface area contributed by atoms with Gasteiger partial charge in [-0.25, -0.2) is 4.79 Å². The fourth-order valence-electron chi connectivity index (χ4n) is 6.08. The summed E-state index contributed by atoms with van der Waals surface area (Å²) >= 11 is 0. The molecule has 0 radical (unpaired) electrons. The Bertz CT molecular complexity index is 1240. The van der Waals surface area contributed by atoms with E-state index in [-0.39, 0.29) is 0 Å². The summed E-state index contributed by atoms with van der Waals surface area (Å²) in [6.45, 7) is -1.15. The second-order valence-corrected chi connectivity index (χ2v) is 14.4. The van der Waals surface area contributed by atoms with E-state index >= 15 is 0 Å². The minimum absolute atomic E-state index is 0.811. The molecule has 62 heavy (non-hydrogen) atoms. The molecule has 0 amide bonds. The third-order valence-corrected chi connectivity index (χ3v) is 10.3. The van der Waals surface area contributed by atoms with Gasteiger partial charge in [0.2, 0.25) is 0 Å². The fourth-order valence-corrected chi connectivity index (χ4v) is 6.08. The van der Waals surface area contributed by atoms with Crippen molar-refractivity contribution in [2.24, 2.45) is 0 Å². The van der Waals surface area contributed by atoms with Gasteiger partial charge in [-0.3, -0.25) is 0 Å². The zero-order valence-electron chi connectivity index (χ0n) is 33.1. The Morgan fingerprint density at radius 1 is 0.306 bits per heavy atom. The molecule has 0 aliphatic heterocycles. The van der Waals surface area contributed by atoms with E-state index in [4.69, 9.17) is 14.6 Å². The van der Waals surface area contributed by atoms with Crippen LogP contribution in [0.5, 0.6) is 0 Å². The van der Waals surface area contributed by atoms with Crippen molar-refractivity contribution in [3.63, 3.8) is 0 Å². The maximum atomic E-state index is 11.4. The van der Waals surface area contributed by atoms with Gasteiger partial charge < -0.3 is 147 Å². The maximum absolute atomic E-state index is 11.4. The first-order valence-electron chi connectivity index (χ1n) is 18.2. The van der Waals surface area contributed by atoms with Crippen LogP contribution in [0.3, 0.4) is 0 Å². The summed E-state index contributed by atoms with van der Waals surface area (Å²) in [5.41, 5.74) is 0. The lowest BCUT2D eigenvalue weighted by molar-refractivity contribution is -0.219. The quantitative estimate of drug-likeness (QED) is 0.0307. The van der Waals surface area contributed by atoms with Gasteiger partial charge in [-0.15, -0.1) is 0 Å². The molecule has 372 valence electrons. The number of aliphatic carboxylic acids is 1. The number of hydrogen-bond acceptors (Lipinski definition) is 29. The summed E-state index contributed by atoms with van der Waals surface area (Å²) in [5.74, 6) is -1.72. The summed E-state index contributed by atoms with van der Waals surface area (Å²) in [4.78, 5) is 11.4. The number of carboxylic acid groups (broad SMARTS) is 1. The van der Waals surface area contributed by atoms with Crippen molar-refractivity contribution >= 4 is 5.97 Å². The molecule has 0 fully saturated rings. The number of carbonyl (C=O) groups is 1. The third-order valence-electron chi connectivity index (χ3n) is 10.3. The van der Waals surface area contributed by atoms with Crippen LogP contribution in [0.4, 0.5) is 0 Å². The van der Waals surface area contributed by atoms with Crippen LogP contribution in [0, 0.1) is 0 Å². The molecule has 0 saturated carbocycles. The molecule has 0 spiro atoms. The molecule has 0 saturated heterocycles. The summed E-state index contributed by atoms with van der Waals surface area (Å²) in [6, 6.07) is 0. The second-order valence-electron chi connectivity index (χ2n) is 14.4. The van der Waals surface area contributed by atoms with Gasteiger partial charge in [-0.1, -0.05) is 0 Å². The molecule has 0 aromatic heterocycles. The van der Waals surface area contributed by atoms with E-state index in [1.165, 1.54) is 0 Å². The van der Waals surface area contributed by atoms with Crippen molar-refractivity contribution in [2.75, 3.05) is 27.9 Å². The molecule has 27 atom stereocenters. The first kappa shape index (κ1) is 60.4. The molecule has 27 unspecified atom stereocenters. The number of carboxylic acids is 1. The molecule has 0 aliphatic carbocycles. The Balaban J connectivity index is 5.81. The number of methoxy groups -OCH3 is 3. The van der Waals surface area contributed by atoms with Crippen molar-refractivity contribution in [1.29, 1.82) is 0 Å². The Hall–Kier alpha value is -1.65. The fraction of sp³-hybridized carbons (Fsp3) is 0.969. The average molecular weight is 929 g/mol. The van der Waals surface area contributed by atoms with Crippen LogP contribution < -0.4 is 0 Å². The smallest absolute Gasteiger partial charge is 0.335 e. The number of hydrogen-bond donors (Lipinski definition) is 26. The van der Waals surface area contributed by atoms with Crippen LogP contribution in [0.1, 0.15) is 0 Å². The summed E-state index contributed by atoms with van der Waals surface area (Å²) in [6.07, 6.45) is -71.3. The van der Waals surface area contributed by atoms with E-state index < -0.39 is 177 Å². The van der Waals surface area contributed by atoms with Crippen LogP contribution in [0.25, 0.3) is 0 Å². The van der Waals surface area contributed by atoms with Crippen molar-refractivity contribution in [3.05, 3.63) is 0 Å². The van der Waals surface area contributed by atoms with Crippen LogP contribution >= 0.6 is 0 Å². The van der Waals surface area contributed by atoms with E-state index in [0.29, 0.717) is 0 Å². The predicted molar refractivity (Wildman–Crippen MR) is 191 cm³/mol. The van der Waals surface area contributed by atoms with Gasteiger partial charge in [0.25, 0.3) is 0 Å². The Kier molecular flexibility index (Phi) is 26.4. The van der Waals surface area contributed by atoms with Gasteiger partial charge in [0, 0.05) is 21.3 Å². The minimum Gasteiger partial charge on any atom is -0.479 e. The van der Waals surface area contributed by atoms with E-state index in [1.54, 1.807) is 0 Å². The van der Waals surface area contributed by atoms with Crippen molar-refractivity contribution in [2.45, 2.75) is 165 Å². The van der Waals surface area contributed by atoms with E-state index in [1.807, 2.05) is 0 Å². The summed E-state index contributed by atoms with van der Waals surface area (Å²) in [5, 5.41) is 264. The van der Waals surface area contributed by atoms with Crippen LogP contribution in [0.15, 0.2) is 0 Å². The van der Waals surface area contributed by atoms with E-state index in [2.05, 4.69) is 4.74 Å². The molecule has 0 rings (SSSR count). The molecular formula is C32H64O30. The SMILES string of the molecule is COC(C(=O)O)C(O)C(OC)C(O)C(OC)C(O)C(O)C(O)C(O)C(O)C(O)C(O)C(O)C(O)C(O)C(O)C(O)C(O)C(O)C(O)C(O)C(O)C(O)C(O)C(O)C(O)C(O)CO.